The fourth-order valence-corrected chi connectivity index (χ4v) is 3.25. The number of halogens is 1. The summed E-state index contributed by atoms with van der Waals surface area (Å²) < 4.78 is 27.9. The zero-order chi connectivity index (χ0) is 13.9. The number of aryl methyl sites for hydroxylation is 1. The number of aliphatic hydroxyl groups is 1. The number of aliphatic hydroxyl groups excluding tert-OH is 1. The third-order valence-corrected chi connectivity index (χ3v) is 4.40. The van der Waals surface area contributed by atoms with Crippen molar-refractivity contribution in [3.05, 3.63) is 11.5 Å². The molecule has 0 spiro atoms. The fourth-order valence-electron chi connectivity index (χ4n) is 1.58. The minimum absolute atomic E-state index is 0.0451. The van der Waals surface area contributed by atoms with Gasteiger partial charge in [-0.1, -0.05) is 25.4 Å². The first kappa shape index (κ1) is 15.4. The average molecular weight is 296 g/mol. The van der Waals surface area contributed by atoms with Gasteiger partial charge in [-0.05, 0) is 12.3 Å². The molecule has 104 valence electrons. The molecule has 0 saturated heterocycles. The van der Waals surface area contributed by atoms with Gasteiger partial charge >= 0.3 is 0 Å². The second-order valence-corrected chi connectivity index (χ2v) is 6.57. The Balaban J connectivity index is 2.91. The SMILES string of the molecule is CC(C)CC(CO)NS(=O)(=O)c1ncn(C)c1Cl. The highest BCUT2D eigenvalue weighted by molar-refractivity contribution is 7.89. The summed E-state index contributed by atoms with van der Waals surface area (Å²) >= 11 is 5.84. The van der Waals surface area contributed by atoms with E-state index in [1.54, 1.807) is 7.05 Å². The van der Waals surface area contributed by atoms with Gasteiger partial charge in [-0.15, -0.1) is 0 Å². The first-order valence-electron chi connectivity index (χ1n) is 5.58. The maximum Gasteiger partial charge on any atom is 0.261 e. The Morgan fingerprint density at radius 3 is 2.56 bits per heavy atom. The lowest BCUT2D eigenvalue weighted by Gasteiger charge is -2.17. The number of hydrogen-bond donors (Lipinski definition) is 2. The number of nitrogens with zero attached hydrogens (tertiary/aromatic N) is 2. The second-order valence-electron chi connectivity index (χ2n) is 4.58. The van der Waals surface area contributed by atoms with Crippen LogP contribution in [0.5, 0.6) is 0 Å². The molecule has 1 heterocycles. The second kappa shape index (κ2) is 6.01. The molecule has 0 aliphatic carbocycles. The van der Waals surface area contributed by atoms with E-state index in [9.17, 15) is 13.5 Å². The molecule has 0 aromatic carbocycles. The van der Waals surface area contributed by atoms with E-state index >= 15 is 0 Å². The standard InChI is InChI=1S/C10H18ClN3O3S/c1-7(2)4-8(5-15)13-18(16,17)10-9(11)14(3)6-12-10/h6-8,13,15H,4-5H2,1-3H3. The molecule has 0 aliphatic rings. The van der Waals surface area contributed by atoms with Crippen molar-refractivity contribution in [3.63, 3.8) is 0 Å². The summed E-state index contributed by atoms with van der Waals surface area (Å²) in [5, 5.41) is 9.01. The van der Waals surface area contributed by atoms with Crippen LogP contribution in [0.2, 0.25) is 5.15 Å². The van der Waals surface area contributed by atoms with Crippen LogP contribution in [0, 0.1) is 5.92 Å². The van der Waals surface area contributed by atoms with Gasteiger partial charge in [0.1, 0.15) is 5.15 Å². The quantitative estimate of drug-likeness (QED) is 0.811. The number of imidazole rings is 1. The number of rotatable bonds is 6. The van der Waals surface area contributed by atoms with Gasteiger partial charge in [0.2, 0.25) is 5.03 Å². The van der Waals surface area contributed by atoms with Gasteiger partial charge in [0, 0.05) is 13.1 Å². The third-order valence-electron chi connectivity index (χ3n) is 2.39. The molecule has 2 N–H and O–H groups in total. The zero-order valence-corrected chi connectivity index (χ0v) is 12.2. The molecule has 0 bridgehead atoms. The summed E-state index contributed by atoms with van der Waals surface area (Å²) in [6.07, 6.45) is 1.87. The van der Waals surface area contributed by atoms with Crippen LogP contribution in [0.25, 0.3) is 0 Å². The van der Waals surface area contributed by atoms with E-state index in [1.807, 2.05) is 13.8 Å². The molecule has 6 nitrogen and oxygen atoms in total. The van der Waals surface area contributed by atoms with Crippen LogP contribution in [-0.4, -0.2) is 35.7 Å². The van der Waals surface area contributed by atoms with Gasteiger partial charge in [-0.2, -0.15) is 0 Å². The van der Waals surface area contributed by atoms with Crippen LogP contribution < -0.4 is 4.72 Å². The average Bonchev–Trinajstić information content (AvgIpc) is 2.58. The number of hydrogen-bond acceptors (Lipinski definition) is 4. The predicted molar refractivity (Wildman–Crippen MR) is 68.9 cm³/mol. The molecule has 18 heavy (non-hydrogen) atoms. The van der Waals surface area contributed by atoms with Gasteiger partial charge in [-0.25, -0.2) is 18.1 Å². The summed E-state index contributed by atoms with van der Waals surface area (Å²) in [5.41, 5.74) is 0. The normalized spacial score (nSPS) is 14.1. The summed E-state index contributed by atoms with van der Waals surface area (Å²) in [7, 11) is -2.20. The highest BCUT2D eigenvalue weighted by atomic mass is 35.5. The number of aromatic nitrogens is 2. The Kier molecular flexibility index (Phi) is 5.15. The summed E-state index contributed by atoms with van der Waals surface area (Å²) in [5.74, 6) is 0.268. The lowest BCUT2D eigenvalue weighted by atomic mass is 10.1. The Hall–Kier alpha value is -0.630. The van der Waals surface area contributed by atoms with Crippen molar-refractivity contribution in [1.29, 1.82) is 0 Å². The molecule has 1 rings (SSSR count). The van der Waals surface area contributed by atoms with Crippen molar-refractivity contribution in [2.45, 2.75) is 31.3 Å². The minimum atomic E-state index is -3.80. The van der Waals surface area contributed by atoms with Crippen molar-refractivity contribution in [2.24, 2.45) is 13.0 Å². The summed E-state index contributed by atoms with van der Waals surface area (Å²) in [4.78, 5) is 3.75. The molecule has 1 atom stereocenters. The predicted octanol–water partition coefficient (Wildman–Crippen LogP) is 0.759. The first-order valence-corrected chi connectivity index (χ1v) is 7.44. The summed E-state index contributed by atoms with van der Waals surface area (Å²) in [6, 6.07) is -0.534. The molecule has 8 heteroatoms. The van der Waals surface area contributed by atoms with Crippen LogP contribution >= 0.6 is 11.6 Å². The van der Waals surface area contributed by atoms with Gasteiger partial charge < -0.3 is 9.67 Å². The van der Waals surface area contributed by atoms with E-state index in [-0.39, 0.29) is 22.7 Å². The van der Waals surface area contributed by atoms with E-state index in [2.05, 4.69) is 9.71 Å². The van der Waals surface area contributed by atoms with E-state index in [0.717, 1.165) is 0 Å². The van der Waals surface area contributed by atoms with Crippen molar-refractivity contribution < 1.29 is 13.5 Å². The number of sulfonamides is 1. The molecule has 1 unspecified atom stereocenters. The molecular formula is C10H18ClN3O3S. The fraction of sp³-hybridized carbons (Fsp3) is 0.700. The van der Waals surface area contributed by atoms with Gasteiger partial charge in [-0.3, -0.25) is 0 Å². The van der Waals surface area contributed by atoms with Gasteiger partial charge in [0.25, 0.3) is 10.0 Å². The number of nitrogens with one attached hydrogen (secondary N) is 1. The highest BCUT2D eigenvalue weighted by Crippen LogP contribution is 2.19. The van der Waals surface area contributed by atoms with Crippen LogP contribution in [-0.2, 0) is 17.1 Å². The Labute approximate surface area is 112 Å². The molecule has 1 aromatic heterocycles. The molecule has 0 amide bonds. The summed E-state index contributed by atoms with van der Waals surface area (Å²) in [6.45, 7) is 3.64. The van der Waals surface area contributed by atoms with Gasteiger partial charge in [0.05, 0.1) is 12.9 Å². The Morgan fingerprint density at radius 1 is 1.56 bits per heavy atom. The Morgan fingerprint density at radius 2 is 2.17 bits per heavy atom. The molecule has 0 aliphatic heterocycles. The molecule has 0 saturated carbocycles. The van der Waals surface area contributed by atoms with Crippen molar-refractivity contribution in [3.8, 4) is 0 Å². The van der Waals surface area contributed by atoms with Crippen LogP contribution in [0.3, 0.4) is 0 Å². The monoisotopic (exact) mass is 295 g/mol. The highest BCUT2D eigenvalue weighted by Gasteiger charge is 2.25. The van der Waals surface area contributed by atoms with Crippen molar-refractivity contribution in [2.75, 3.05) is 6.61 Å². The van der Waals surface area contributed by atoms with Crippen molar-refractivity contribution in [1.82, 2.24) is 14.3 Å². The molecule has 0 fully saturated rings. The topological polar surface area (TPSA) is 84.2 Å². The largest absolute Gasteiger partial charge is 0.395 e. The maximum absolute atomic E-state index is 12.0. The smallest absolute Gasteiger partial charge is 0.261 e. The van der Waals surface area contributed by atoms with Crippen LogP contribution in [0.1, 0.15) is 20.3 Å². The van der Waals surface area contributed by atoms with Crippen LogP contribution in [0.15, 0.2) is 11.4 Å². The van der Waals surface area contributed by atoms with E-state index in [0.29, 0.717) is 6.42 Å². The zero-order valence-electron chi connectivity index (χ0n) is 10.6. The van der Waals surface area contributed by atoms with Gasteiger partial charge in [0.15, 0.2) is 0 Å². The molecule has 0 radical (unpaired) electrons. The third kappa shape index (κ3) is 3.68. The first-order chi connectivity index (χ1) is 8.27. The maximum atomic E-state index is 12.0. The molecule has 1 aromatic rings. The lowest BCUT2D eigenvalue weighted by molar-refractivity contribution is 0.240. The lowest BCUT2D eigenvalue weighted by Crippen LogP contribution is -2.38. The van der Waals surface area contributed by atoms with Crippen molar-refractivity contribution >= 4 is 21.6 Å². The van der Waals surface area contributed by atoms with E-state index in [4.69, 9.17) is 11.6 Å². The molecular weight excluding hydrogens is 278 g/mol. The van der Waals surface area contributed by atoms with E-state index in [1.165, 1.54) is 10.9 Å². The van der Waals surface area contributed by atoms with E-state index < -0.39 is 16.1 Å². The minimum Gasteiger partial charge on any atom is -0.395 e. The van der Waals surface area contributed by atoms with Crippen LogP contribution in [0.4, 0.5) is 0 Å². The Bertz CT molecular complexity index is 498.